The molecule has 1 saturated heterocycles. The highest BCUT2D eigenvalue weighted by molar-refractivity contribution is 5.95. The molecule has 7 nitrogen and oxygen atoms in total. The number of aromatic nitrogens is 3. The lowest BCUT2D eigenvalue weighted by molar-refractivity contribution is -0.131. The molecular weight excluding hydrogens is 356 g/mol. The summed E-state index contributed by atoms with van der Waals surface area (Å²) >= 11 is 0. The fourth-order valence-electron chi connectivity index (χ4n) is 3.57. The summed E-state index contributed by atoms with van der Waals surface area (Å²) in [5.41, 5.74) is 3.92. The van der Waals surface area contributed by atoms with E-state index >= 15 is 0 Å². The molecule has 1 fully saturated rings. The Morgan fingerprint density at radius 2 is 1.96 bits per heavy atom. The summed E-state index contributed by atoms with van der Waals surface area (Å²) in [4.78, 5) is 13.2. The average Bonchev–Trinajstić information content (AvgIpc) is 3.32. The second kappa shape index (κ2) is 7.59. The number of rotatable bonds is 5. The first-order valence-electron chi connectivity index (χ1n) is 9.48. The largest absolute Gasteiger partial charge is 0.381 e. The lowest BCUT2D eigenvalue weighted by atomic mass is 9.75. The van der Waals surface area contributed by atoms with Gasteiger partial charge in [0.2, 0.25) is 5.91 Å². The molecule has 0 radical (unpaired) electrons. The second-order valence-corrected chi connectivity index (χ2v) is 7.48. The molecule has 0 bridgehead atoms. The van der Waals surface area contributed by atoms with Gasteiger partial charge in [-0.3, -0.25) is 9.89 Å². The molecule has 0 atom stereocenters. The Kier molecular flexibility index (Phi) is 5.00. The van der Waals surface area contributed by atoms with E-state index in [0.29, 0.717) is 43.9 Å². The molecule has 3 heterocycles. The molecule has 1 aromatic carbocycles. The maximum Gasteiger partial charge on any atom is 0.231 e. The van der Waals surface area contributed by atoms with Gasteiger partial charge in [-0.2, -0.15) is 5.10 Å². The van der Waals surface area contributed by atoms with Crippen LogP contribution < -0.4 is 5.32 Å². The number of carbonyl (C=O) groups excluding carboxylic acids is 1. The van der Waals surface area contributed by atoms with Crippen LogP contribution in [0.1, 0.15) is 29.9 Å². The molecule has 4 rings (SSSR count). The molecule has 3 aromatic rings. The van der Waals surface area contributed by atoms with Gasteiger partial charge in [-0.25, -0.2) is 0 Å². The summed E-state index contributed by atoms with van der Waals surface area (Å²) < 4.78 is 11.1. The Hall–Kier alpha value is -2.93. The number of hydrogen-bond acceptors (Lipinski definition) is 5. The zero-order valence-electron chi connectivity index (χ0n) is 16.1. The summed E-state index contributed by atoms with van der Waals surface area (Å²) in [6, 6.07) is 10.1. The minimum Gasteiger partial charge on any atom is -0.381 e. The van der Waals surface area contributed by atoms with Crippen molar-refractivity contribution in [1.29, 1.82) is 0 Å². The molecule has 2 N–H and O–H groups in total. The van der Waals surface area contributed by atoms with Crippen LogP contribution in [-0.4, -0.2) is 34.5 Å². The summed E-state index contributed by atoms with van der Waals surface area (Å²) in [5.74, 6) is 0.671. The number of anilines is 1. The minimum atomic E-state index is -0.591. The van der Waals surface area contributed by atoms with E-state index in [1.165, 1.54) is 5.56 Å². The van der Waals surface area contributed by atoms with Gasteiger partial charge in [0, 0.05) is 31.3 Å². The van der Waals surface area contributed by atoms with Crippen LogP contribution in [0.25, 0.3) is 11.3 Å². The number of aryl methyl sites for hydroxylation is 2. The fraction of sp³-hybridized carbons (Fsp3) is 0.381. The molecule has 0 aliphatic carbocycles. The highest BCUT2D eigenvalue weighted by atomic mass is 16.5. The van der Waals surface area contributed by atoms with E-state index in [-0.39, 0.29) is 5.91 Å². The van der Waals surface area contributed by atoms with Gasteiger partial charge in [-0.05, 0) is 26.7 Å². The standard InChI is InChI=1S/C21H24N4O3/c1-14-3-5-16(6-4-14)18-11-17(28-25-18)12-21(7-9-27-10-8-21)20(26)23-19-13-22-24-15(19)2/h3-6,11,13H,7-10,12H2,1-2H3,(H,22,24)(H,23,26). The van der Waals surface area contributed by atoms with Gasteiger partial charge in [0.1, 0.15) is 11.5 Å². The topological polar surface area (TPSA) is 93.0 Å². The highest BCUT2D eigenvalue weighted by Gasteiger charge is 2.41. The molecule has 0 saturated carbocycles. The lowest BCUT2D eigenvalue weighted by Gasteiger charge is -2.34. The van der Waals surface area contributed by atoms with Gasteiger partial charge in [0.05, 0.1) is 23.0 Å². The van der Waals surface area contributed by atoms with Crippen LogP contribution in [0.4, 0.5) is 5.69 Å². The molecule has 0 spiro atoms. The number of hydrogen-bond donors (Lipinski definition) is 2. The number of nitrogens with zero attached hydrogens (tertiary/aromatic N) is 2. The molecule has 2 aromatic heterocycles. The van der Waals surface area contributed by atoms with Gasteiger partial charge in [-0.1, -0.05) is 35.0 Å². The van der Waals surface area contributed by atoms with E-state index < -0.39 is 5.41 Å². The third-order valence-corrected chi connectivity index (χ3v) is 5.43. The highest BCUT2D eigenvalue weighted by Crippen LogP contribution is 2.37. The Morgan fingerprint density at radius 1 is 1.21 bits per heavy atom. The van der Waals surface area contributed by atoms with Gasteiger partial charge in [0.25, 0.3) is 0 Å². The van der Waals surface area contributed by atoms with Crippen molar-refractivity contribution in [2.45, 2.75) is 33.1 Å². The van der Waals surface area contributed by atoms with Crippen molar-refractivity contribution >= 4 is 11.6 Å². The number of carbonyl (C=O) groups is 1. The number of amides is 1. The molecule has 28 heavy (non-hydrogen) atoms. The number of H-pyrrole nitrogens is 1. The predicted molar refractivity (Wildman–Crippen MR) is 105 cm³/mol. The number of ether oxygens (including phenoxy) is 1. The Labute approximate surface area is 163 Å². The van der Waals surface area contributed by atoms with E-state index in [9.17, 15) is 4.79 Å². The van der Waals surface area contributed by atoms with Crippen LogP contribution in [-0.2, 0) is 16.0 Å². The molecule has 0 unspecified atom stereocenters. The Bertz CT molecular complexity index is 952. The number of nitrogens with one attached hydrogen (secondary N) is 2. The zero-order chi connectivity index (χ0) is 19.6. The third kappa shape index (κ3) is 3.71. The average molecular weight is 380 g/mol. The molecule has 7 heteroatoms. The van der Waals surface area contributed by atoms with Crippen molar-refractivity contribution in [3.8, 4) is 11.3 Å². The SMILES string of the molecule is Cc1ccc(-c2cc(CC3(C(=O)Nc4cn[nH]c4C)CCOCC3)on2)cc1. The van der Waals surface area contributed by atoms with Gasteiger partial charge in [0.15, 0.2) is 0 Å². The summed E-state index contributed by atoms with van der Waals surface area (Å²) in [7, 11) is 0. The van der Waals surface area contributed by atoms with Crippen molar-refractivity contribution in [3.63, 3.8) is 0 Å². The van der Waals surface area contributed by atoms with E-state index in [1.807, 2.05) is 44.2 Å². The van der Waals surface area contributed by atoms with E-state index in [4.69, 9.17) is 9.26 Å². The van der Waals surface area contributed by atoms with Gasteiger partial charge >= 0.3 is 0 Å². The molecular formula is C21H24N4O3. The van der Waals surface area contributed by atoms with E-state index in [1.54, 1.807) is 6.20 Å². The first kappa shape index (κ1) is 18.4. The first-order chi connectivity index (χ1) is 13.6. The summed E-state index contributed by atoms with van der Waals surface area (Å²) in [6.45, 7) is 5.03. The summed E-state index contributed by atoms with van der Waals surface area (Å²) in [5, 5.41) is 14.0. The van der Waals surface area contributed by atoms with Crippen LogP contribution >= 0.6 is 0 Å². The maximum absolute atomic E-state index is 13.2. The van der Waals surface area contributed by atoms with Crippen molar-refractivity contribution in [3.05, 3.63) is 53.5 Å². The minimum absolute atomic E-state index is 0.0337. The van der Waals surface area contributed by atoms with Crippen LogP contribution in [0.5, 0.6) is 0 Å². The number of benzene rings is 1. The second-order valence-electron chi connectivity index (χ2n) is 7.48. The molecule has 1 amide bonds. The van der Waals surface area contributed by atoms with Crippen LogP contribution in [0, 0.1) is 19.3 Å². The Balaban J connectivity index is 1.56. The van der Waals surface area contributed by atoms with E-state index in [2.05, 4.69) is 20.7 Å². The quantitative estimate of drug-likeness (QED) is 0.705. The third-order valence-electron chi connectivity index (χ3n) is 5.43. The van der Waals surface area contributed by atoms with Crippen molar-refractivity contribution in [2.75, 3.05) is 18.5 Å². The van der Waals surface area contributed by atoms with Crippen LogP contribution in [0.3, 0.4) is 0 Å². The van der Waals surface area contributed by atoms with Crippen molar-refractivity contribution in [1.82, 2.24) is 15.4 Å². The van der Waals surface area contributed by atoms with Crippen LogP contribution in [0.2, 0.25) is 0 Å². The molecule has 1 aliphatic rings. The predicted octanol–water partition coefficient (Wildman–Crippen LogP) is 3.66. The van der Waals surface area contributed by atoms with Gasteiger partial charge in [-0.15, -0.1) is 0 Å². The zero-order valence-corrected chi connectivity index (χ0v) is 16.1. The molecule has 146 valence electrons. The van der Waals surface area contributed by atoms with Gasteiger partial charge < -0.3 is 14.6 Å². The van der Waals surface area contributed by atoms with Crippen molar-refractivity contribution < 1.29 is 14.1 Å². The maximum atomic E-state index is 13.2. The normalized spacial score (nSPS) is 16.1. The summed E-state index contributed by atoms with van der Waals surface area (Å²) in [6.07, 6.45) is 3.38. The lowest BCUT2D eigenvalue weighted by Crippen LogP contribution is -2.42. The first-order valence-corrected chi connectivity index (χ1v) is 9.48. The fourth-order valence-corrected chi connectivity index (χ4v) is 3.57. The monoisotopic (exact) mass is 380 g/mol. The smallest absolute Gasteiger partial charge is 0.231 e. The van der Waals surface area contributed by atoms with E-state index in [0.717, 1.165) is 17.0 Å². The number of aromatic amines is 1. The van der Waals surface area contributed by atoms with Crippen molar-refractivity contribution in [2.24, 2.45) is 5.41 Å². The molecule has 1 aliphatic heterocycles. The van der Waals surface area contributed by atoms with Crippen LogP contribution in [0.15, 0.2) is 41.1 Å². The Morgan fingerprint density at radius 3 is 2.64 bits per heavy atom.